The van der Waals surface area contributed by atoms with Crippen LogP contribution in [-0.2, 0) is 4.74 Å². The minimum Gasteiger partial charge on any atom is -0.461 e. The Bertz CT molecular complexity index is 1070. The monoisotopic (exact) mass is 450 g/mol. The molecule has 1 aliphatic rings. The zero-order valence-electron chi connectivity index (χ0n) is 20.7. The number of epoxide rings is 1. The molecule has 0 spiro atoms. The van der Waals surface area contributed by atoms with Crippen molar-refractivity contribution in [2.75, 3.05) is 0 Å². The van der Waals surface area contributed by atoms with E-state index in [-0.39, 0.29) is 34.6 Å². The predicted octanol–water partition coefficient (Wildman–Crippen LogP) is 8.10. The Balaban J connectivity index is 1.69. The first-order chi connectivity index (χ1) is 14.8. The van der Waals surface area contributed by atoms with Crippen LogP contribution in [-0.4, -0.2) is 17.4 Å². The Morgan fingerprint density at radius 2 is 1.66 bits per heavy atom. The van der Waals surface area contributed by atoms with Gasteiger partial charge in [-0.3, -0.25) is 0 Å². The molecule has 0 aliphatic carbocycles. The van der Waals surface area contributed by atoms with Crippen LogP contribution in [0.25, 0.3) is 20.8 Å². The van der Waals surface area contributed by atoms with Gasteiger partial charge in [0.2, 0.25) is 6.29 Å². The first-order valence-corrected chi connectivity index (χ1v) is 12.3. The third-order valence-corrected chi connectivity index (χ3v) is 8.55. The fourth-order valence-corrected chi connectivity index (χ4v) is 5.80. The van der Waals surface area contributed by atoms with Crippen molar-refractivity contribution < 1.29 is 9.47 Å². The molecule has 4 rings (SSSR count). The largest absolute Gasteiger partial charge is 0.461 e. The van der Waals surface area contributed by atoms with Crippen molar-refractivity contribution in [3.63, 3.8) is 0 Å². The maximum Gasteiger partial charge on any atom is 0.227 e. The lowest BCUT2D eigenvalue weighted by Gasteiger charge is -2.50. The number of fused-ring (bicyclic) bond motifs is 1. The van der Waals surface area contributed by atoms with Gasteiger partial charge >= 0.3 is 0 Å². The number of nitrogens with zero attached hydrogens (tertiary/aromatic N) is 1. The topological polar surface area (TPSA) is 34.6 Å². The second-order valence-electron chi connectivity index (χ2n) is 11.4. The molecule has 0 bridgehead atoms. The molecule has 0 amide bonds. The van der Waals surface area contributed by atoms with E-state index in [4.69, 9.17) is 14.5 Å². The van der Waals surface area contributed by atoms with E-state index >= 15 is 0 Å². The summed E-state index contributed by atoms with van der Waals surface area (Å²) in [5.74, 6) is 1.01. The summed E-state index contributed by atoms with van der Waals surface area (Å²) in [4.78, 5) is 4.90. The minimum atomic E-state index is -0.255. The predicted molar refractivity (Wildman–Crippen MR) is 135 cm³/mol. The summed E-state index contributed by atoms with van der Waals surface area (Å²) in [6, 6.07) is 14.6. The number of para-hydroxylation sites is 1. The third kappa shape index (κ3) is 3.97. The molecule has 3 aromatic rings. The second kappa shape index (κ2) is 7.85. The maximum absolute atomic E-state index is 6.51. The van der Waals surface area contributed by atoms with Gasteiger partial charge in [0, 0.05) is 5.41 Å². The average Bonchev–Trinajstić information content (AvgIpc) is 3.32. The molecule has 32 heavy (non-hydrogen) atoms. The van der Waals surface area contributed by atoms with Gasteiger partial charge in [-0.25, -0.2) is 4.98 Å². The molecular weight excluding hydrogens is 414 g/mol. The van der Waals surface area contributed by atoms with Gasteiger partial charge in [-0.1, -0.05) is 79.2 Å². The minimum absolute atomic E-state index is 0.0390. The number of benzene rings is 2. The van der Waals surface area contributed by atoms with Crippen molar-refractivity contribution in [1.82, 2.24) is 4.98 Å². The molecule has 1 fully saturated rings. The van der Waals surface area contributed by atoms with Gasteiger partial charge in [-0.15, -0.1) is 17.3 Å². The van der Waals surface area contributed by atoms with Gasteiger partial charge in [0.05, 0.1) is 15.8 Å². The molecule has 3 nitrogen and oxygen atoms in total. The van der Waals surface area contributed by atoms with Crippen LogP contribution in [0.4, 0.5) is 0 Å². The SMILES string of the molecule is [CH2-]C(C)c1ccc(OC2OC2C(C)(C(C)(C)C)C(C)(C)C)c(-c2nc3ccccc3s2)c1. The molecule has 4 heteroatoms. The van der Waals surface area contributed by atoms with Crippen LogP contribution in [0.1, 0.15) is 66.9 Å². The first kappa shape index (κ1) is 23.3. The zero-order chi connectivity index (χ0) is 23.5. The van der Waals surface area contributed by atoms with Crippen molar-refractivity contribution in [3.8, 4) is 16.3 Å². The molecule has 3 atom stereocenters. The van der Waals surface area contributed by atoms with E-state index in [1.54, 1.807) is 11.3 Å². The van der Waals surface area contributed by atoms with Crippen LogP contribution in [0.3, 0.4) is 0 Å². The van der Waals surface area contributed by atoms with Crippen LogP contribution < -0.4 is 4.74 Å². The lowest BCUT2D eigenvalue weighted by molar-refractivity contribution is -0.0391. The molecule has 2 aromatic carbocycles. The van der Waals surface area contributed by atoms with Crippen LogP contribution >= 0.6 is 11.3 Å². The summed E-state index contributed by atoms with van der Waals surface area (Å²) in [6.45, 7) is 22.4. The molecule has 1 aliphatic heterocycles. The highest BCUT2D eigenvalue weighted by molar-refractivity contribution is 7.21. The summed E-state index contributed by atoms with van der Waals surface area (Å²) in [6.07, 6.45) is -0.216. The van der Waals surface area contributed by atoms with E-state index in [1.165, 1.54) is 10.3 Å². The van der Waals surface area contributed by atoms with Crippen LogP contribution in [0.15, 0.2) is 42.5 Å². The van der Waals surface area contributed by atoms with Crippen molar-refractivity contribution >= 4 is 21.6 Å². The molecule has 2 heterocycles. The quantitative estimate of drug-likeness (QED) is 0.291. The molecule has 0 radical (unpaired) electrons. The van der Waals surface area contributed by atoms with E-state index in [2.05, 4.69) is 98.7 Å². The fraction of sp³-hybridized carbons (Fsp3) is 0.500. The lowest BCUT2D eigenvalue weighted by atomic mass is 9.53. The van der Waals surface area contributed by atoms with E-state index in [9.17, 15) is 0 Å². The highest BCUT2D eigenvalue weighted by Gasteiger charge is 2.63. The van der Waals surface area contributed by atoms with Gasteiger partial charge in [-0.2, -0.15) is 0 Å². The molecule has 0 N–H and O–H groups in total. The molecule has 1 saturated heterocycles. The molecular formula is C28H36NO2S-. The summed E-state index contributed by atoms with van der Waals surface area (Å²) < 4.78 is 13.9. The summed E-state index contributed by atoms with van der Waals surface area (Å²) in [7, 11) is 0. The Kier molecular flexibility index (Phi) is 5.70. The highest BCUT2D eigenvalue weighted by atomic mass is 32.1. The van der Waals surface area contributed by atoms with Crippen molar-refractivity contribution in [2.45, 2.75) is 73.7 Å². The van der Waals surface area contributed by atoms with Crippen LogP contribution in [0, 0.1) is 23.2 Å². The summed E-state index contributed by atoms with van der Waals surface area (Å²) >= 11 is 1.69. The maximum atomic E-state index is 6.51. The van der Waals surface area contributed by atoms with Crippen molar-refractivity contribution in [3.05, 3.63) is 55.0 Å². The van der Waals surface area contributed by atoms with Gasteiger partial charge < -0.3 is 16.4 Å². The Morgan fingerprint density at radius 3 is 2.25 bits per heavy atom. The van der Waals surface area contributed by atoms with Crippen molar-refractivity contribution in [1.29, 1.82) is 0 Å². The molecule has 3 unspecified atom stereocenters. The summed E-state index contributed by atoms with van der Waals surface area (Å²) in [5.41, 5.74) is 3.28. The smallest absolute Gasteiger partial charge is 0.227 e. The van der Waals surface area contributed by atoms with Gasteiger partial charge in [0.1, 0.15) is 16.9 Å². The molecule has 172 valence electrons. The normalized spacial score (nSPS) is 20.4. The van der Waals surface area contributed by atoms with E-state index in [0.717, 1.165) is 21.8 Å². The lowest BCUT2D eigenvalue weighted by Crippen LogP contribution is -2.49. The number of rotatable bonds is 5. The number of hydrogen-bond donors (Lipinski definition) is 0. The second-order valence-corrected chi connectivity index (χ2v) is 12.4. The van der Waals surface area contributed by atoms with E-state index in [0.29, 0.717) is 0 Å². The third-order valence-electron chi connectivity index (χ3n) is 7.48. The number of thiazole rings is 1. The van der Waals surface area contributed by atoms with Crippen LogP contribution in [0.2, 0.25) is 0 Å². The summed E-state index contributed by atoms with van der Waals surface area (Å²) in [5, 5.41) is 0.968. The van der Waals surface area contributed by atoms with Gasteiger partial charge in [0.25, 0.3) is 0 Å². The van der Waals surface area contributed by atoms with Crippen molar-refractivity contribution in [2.24, 2.45) is 16.2 Å². The average molecular weight is 451 g/mol. The Labute approximate surface area is 197 Å². The zero-order valence-corrected chi connectivity index (χ0v) is 21.5. The standard InChI is InChI=1S/C28H36NO2S/c1-17(2)18-14-15-21(19(16-18)24-29-20-12-10-11-13-22(20)32-24)30-25-23(31-25)28(9,26(3,4)5)27(6,7)8/h10-17,23,25H,1H2,2-9H3/q-1. The van der Waals surface area contributed by atoms with E-state index in [1.807, 2.05) is 6.07 Å². The Morgan fingerprint density at radius 1 is 1.00 bits per heavy atom. The number of aromatic nitrogens is 1. The first-order valence-electron chi connectivity index (χ1n) is 11.5. The Hall–Kier alpha value is -1.91. The molecule has 1 aromatic heterocycles. The highest BCUT2D eigenvalue weighted by Crippen LogP contribution is 2.59. The number of ether oxygens (including phenoxy) is 2. The van der Waals surface area contributed by atoms with E-state index < -0.39 is 0 Å². The van der Waals surface area contributed by atoms with Gasteiger partial charge in [0.15, 0.2) is 0 Å². The fourth-order valence-electron chi connectivity index (χ4n) is 4.81. The van der Waals surface area contributed by atoms with Gasteiger partial charge in [-0.05, 0) is 35.1 Å². The number of hydrogen-bond acceptors (Lipinski definition) is 4. The van der Waals surface area contributed by atoms with Crippen LogP contribution in [0.5, 0.6) is 5.75 Å². The molecule has 0 saturated carbocycles.